The number of aromatic amines is 1. The SMILES string of the molecule is CC(=O)c1ccc2nc(-c3c(C)cccc3Cl)[nH]c2c1. The first-order valence-corrected chi connectivity index (χ1v) is 6.70. The van der Waals surface area contributed by atoms with Crippen molar-refractivity contribution in [3.63, 3.8) is 0 Å². The molecule has 3 rings (SSSR count). The van der Waals surface area contributed by atoms with Crippen LogP contribution >= 0.6 is 11.6 Å². The topological polar surface area (TPSA) is 45.8 Å². The molecule has 0 fully saturated rings. The molecule has 1 N–H and O–H groups in total. The lowest BCUT2D eigenvalue weighted by atomic mass is 10.1. The minimum Gasteiger partial charge on any atom is -0.338 e. The maximum absolute atomic E-state index is 11.4. The summed E-state index contributed by atoms with van der Waals surface area (Å²) in [4.78, 5) is 19.2. The number of hydrogen-bond donors (Lipinski definition) is 1. The van der Waals surface area contributed by atoms with Crippen molar-refractivity contribution >= 4 is 28.4 Å². The summed E-state index contributed by atoms with van der Waals surface area (Å²) in [7, 11) is 0. The van der Waals surface area contributed by atoms with E-state index < -0.39 is 0 Å². The lowest BCUT2D eigenvalue weighted by molar-refractivity contribution is 0.101. The molecule has 0 aliphatic carbocycles. The summed E-state index contributed by atoms with van der Waals surface area (Å²) in [5, 5.41) is 0.663. The summed E-state index contributed by atoms with van der Waals surface area (Å²) >= 11 is 6.26. The Kier molecular flexibility index (Phi) is 3.07. The van der Waals surface area contributed by atoms with Crippen LogP contribution in [0.2, 0.25) is 5.02 Å². The summed E-state index contributed by atoms with van der Waals surface area (Å²) in [5.74, 6) is 0.765. The molecule has 1 heterocycles. The van der Waals surface area contributed by atoms with Gasteiger partial charge >= 0.3 is 0 Å². The Morgan fingerprint density at radius 2 is 2.05 bits per heavy atom. The summed E-state index contributed by atoms with van der Waals surface area (Å²) in [6.45, 7) is 3.55. The maximum atomic E-state index is 11.4. The molecule has 3 aromatic rings. The Labute approximate surface area is 121 Å². The zero-order chi connectivity index (χ0) is 14.3. The van der Waals surface area contributed by atoms with Gasteiger partial charge in [0.2, 0.25) is 0 Å². The van der Waals surface area contributed by atoms with Crippen molar-refractivity contribution in [2.24, 2.45) is 0 Å². The Morgan fingerprint density at radius 1 is 1.25 bits per heavy atom. The first-order valence-electron chi connectivity index (χ1n) is 6.32. The predicted octanol–water partition coefficient (Wildman–Crippen LogP) is 4.39. The van der Waals surface area contributed by atoms with E-state index in [-0.39, 0.29) is 5.78 Å². The van der Waals surface area contributed by atoms with Crippen LogP contribution in [0.1, 0.15) is 22.8 Å². The normalized spacial score (nSPS) is 10.9. The number of ketones is 1. The van der Waals surface area contributed by atoms with Gasteiger partial charge in [-0.05, 0) is 43.7 Å². The molecule has 0 radical (unpaired) electrons. The number of halogens is 1. The van der Waals surface area contributed by atoms with Crippen LogP contribution in [0.15, 0.2) is 36.4 Å². The third kappa shape index (κ3) is 2.10. The van der Waals surface area contributed by atoms with Crippen LogP contribution in [0.4, 0.5) is 0 Å². The number of nitrogens with one attached hydrogen (secondary N) is 1. The highest BCUT2D eigenvalue weighted by atomic mass is 35.5. The Bertz CT molecular complexity index is 800. The number of imidazole rings is 1. The standard InChI is InChI=1S/C16H13ClN2O/c1-9-4-3-5-12(17)15(9)16-18-13-7-6-11(10(2)20)8-14(13)19-16/h3-8H,1-2H3,(H,18,19). The van der Waals surface area contributed by atoms with Crippen molar-refractivity contribution in [1.82, 2.24) is 9.97 Å². The average molecular weight is 285 g/mol. The van der Waals surface area contributed by atoms with Gasteiger partial charge in [-0.1, -0.05) is 23.7 Å². The molecular formula is C16H13ClN2O. The summed E-state index contributed by atoms with van der Waals surface area (Å²) in [5.41, 5.74) is 4.29. The van der Waals surface area contributed by atoms with E-state index in [1.807, 2.05) is 37.3 Å². The monoisotopic (exact) mass is 284 g/mol. The molecule has 100 valence electrons. The van der Waals surface area contributed by atoms with Gasteiger partial charge in [0.1, 0.15) is 5.82 Å². The lowest BCUT2D eigenvalue weighted by Gasteiger charge is -2.04. The van der Waals surface area contributed by atoms with Gasteiger partial charge in [0.15, 0.2) is 5.78 Å². The Hall–Kier alpha value is -2.13. The second-order valence-corrected chi connectivity index (χ2v) is 5.21. The van der Waals surface area contributed by atoms with E-state index in [1.54, 1.807) is 13.0 Å². The summed E-state index contributed by atoms with van der Waals surface area (Å²) in [6.07, 6.45) is 0. The first kappa shape index (κ1) is 12.9. The van der Waals surface area contributed by atoms with E-state index in [9.17, 15) is 4.79 Å². The summed E-state index contributed by atoms with van der Waals surface area (Å²) < 4.78 is 0. The number of fused-ring (bicyclic) bond motifs is 1. The fourth-order valence-corrected chi connectivity index (χ4v) is 2.59. The number of Topliss-reactive ketones (excluding diaryl/α,β-unsaturated/α-hetero) is 1. The number of carbonyl (C=O) groups is 1. The average Bonchev–Trinajstić information content (AvgIpc) is 2.80. The molecule has 2 aromatic carbocycles. The molecule has 0 bridgehead atoms. The molecular weight excluding hydrogens is 272 g/mol. The van der Waals surface area contributed by atoms with Crippen LogP contribution in [0.5, 0.6) is 0 Å². The van der Waals surface area contributed by atoms with Crippen molar-refractivity contribution in [3.8, 4) is 11.4 Å². The second-order valence-electron chi connectivity index (χ2n) is 4.81. The maximum Gasteiger partial charge on any atom is 0.159 e. The number of hydrogen-bond acceptors (Lipinski definition) is 2. The van der Waals surface area contributed by atoms with Crippen molar-refractivity contribution in [1.29, 1.82) is 0 Å². The smallest absolute Gasteiger partial charge is 0.159 e. The van der Waals surface area contributed by atoms with E-state index >= 15 is 0 Å². The van der Waals surface area contributed by atoms with Gasteiger partial charge in [-0.15, -0.1) is 0 Å². The predicted molar refractivity (Wildman–Crippen MR) is 81.3 cm³/mol. The van der Waals surface area contributed by atoms with E-state index in [1.165, 1.54) is 0 Å². The van der Waals surface area contributed by atoms with Gasteiger partial charge in [-0.2, -0.15) is 0 Å². The molecule has 0 aliphatic heterocycles. The zero-order valence-electron chi connectivity index (χ0n) is 11.2. The molecule has 3 nitrogen and oxygen atoms in total. The molecule has 4 heteroatoms. The van der Waals surface area contributed by atoms with E-state index in [2.05, 4.69) is 9.97 Å². The minimum absolute atomic E-state index is 0.0389. The van der Waals surface area contributed by atoms with Crippen LogP contribution in [0.25, 0.3) is 22.4 Å². The molecule has 20 heavy (non-hydrogen) atoms. The van der Waals surface area contributed by atoms with Crippen molar-refractivity contribution in [2.75, 3.05) is 0 Å². The number of H-pyrrole nitrogens is 1. The van der Waals surface area contributed by atoms with Crippen molar-refractivity contribution in [2.45, 2.75) is 13.8 Å². The van der Waals surface area contributed by atoms with Crippen LogP contribution in [-0.4, -0.2) is 15.8 Å². The van der Waals surface area contributed by atoms with Crippen LogP contribution in [0, 0.1) is 6.92 Å². The van der Waals surface area contributed by atoms with Gasteiger partial charge in [0, 0.05) is 11.1 Å². The quantitative estimate of drug-likeness (QED) is 0.709. The number of rotatable bonds is 2. The Balaban J connectivity index is 2.21. The van der Waals surface area contributed by atoms with Gasteiger partial charge in [-0.3, -0.25) is 4.79 Å². The van der Waals surface area contributed by atoms with Gasteiger partial charge in [0.25, 0.3) is 0 Å². The van der Waals surface area contributed by atoms with Crippen molar-refractivity contribution in [3.05, 3.63) is 52.5 Å². The number of aryl methyl sites for hydroxylation is 1. The third-order valence-corrected chi connectivity index (χ3v) is 3.66. The molecule has 0 saturated carbocycles. The highest BCUT2D eigenvalue weighted by molar-refractivity contribution is 6.33. The van der Waals surface area contributed by atoms with Gasteiger partial charge in [0.05, 0.1) is 16.1 Å². The Morgan fingerprint density at radius 3 is 2.75 bits per heavy atom. The molecule has 0 aliphatic rings. The minimum atomic E-state index is 0.0389. The van der Waals surface area contributed by atoms with E-state index in [0.29, 0.717) is 10.6 Å². The number of nitrogens with zero attached hydrogens (tertiary/aromatic N) is 1. The van der Waals surface area contributed by atoms with E-state index in [4.69, 9.17) is 11.6 Å². The van der Waals surface area contributed by atoms with Crippen LogP contribution < -0.4 is 0 Å². The number of benzene rings is 2. The molecule has 1 aromatic heterocycles. The second kappa shape index (κ2) is 4.76. The third-order valence-electron chi connectivity index (χ3n) is 3.35. The number of carbonyl (C=O) groups excluding carboxylic acids is 1. The largest absolute Gasteiger partial charge is 0.338 e. The van der Waals surface area contributed by atoms with Crippen LogP contribution in [0.3, 0.4) is 0 Å². The fraction of sp³-hybridized carbons (Fsp3) is 0.125. The van der Waals surface area contributed by atoms with Gasteiger partial charge < -0.3 is 4.98 Å². The highest BCUT2D eigenvalue weighted by Gasteiger charge is 2.12. The van der Waals surface area contributed by atoms with Crippen LogP contribution in [-0.2, 0) is 0 Å². The van der Waals surface area contributed by atoms with E-state index in [0.717, 1.165) is 28.0 Å². The highest BCUT2D eigenvalue weighted by Crippen LogP contribution is 2.30. The fourth-order valence-electron chi connectivity index (χ4n) is 2.28. The molecule has 0 atom stereocenters. The van der Waals surface area contributed by atoms with Gasteiger partial charge in [-0.25, -0.2) is 4.98 Å². The first-order chi connectivity index (χ1) is 9.56. The van der Waals surface area contributed by atoms with Crippen molar-refractivity contribution < 1.29 is 4.79 Å². The lowest BCUT2D eigenvalue weighted by Crippen LogP contribution is -1.90. The molecule has 0 amide bonds. The molecule has 0 saturated heterocycles. The molecule has 0 unspecified atom stereocenters. The molecule has 0 spiro atoms. The number of aromatic nitrogens is 2. The zero-order valence-corrected chi connectivity index (χ0v) is 12.0. The summed E-state index contributed by atoms with van der Waals surface area (Å²) in [6, 6.07) is 11.2.